The molecule has 3 saturated heterocycles. The summed E-state index contributed by atoms with van der Waals surface area (Å²) in [6.45, 7) is 13.0. The minimum Gasteiger partial charge on any atom is -0.396 e. The summed E-state index contributed by atoms with van der Waals surface area (Å²) < 4.78 is 6.60. The van der Waals surface area contributed by atoms with E-state index in [1.54, 1.807) is 32.9 Å². The predicted octanol–water partition coefficient (Wildman–Crippen LogP) is 3.74. The first-order valence-electron chi connectivity index (χ1n) is 13.9. The van der Waals surface area contributed by atoms with Gasteiger partial charge in [0.1, 0.15) is 11.6 Å². The first kappa shape index (κ1) is 29.3. The van der Waals surface area contributed by atoms with Crippen LogP contribution in [0.2, 0.25) is 5.02 Å². The van der Waals surface area contributed by atoms with Crippen LogP contribution in [0.3, 0.4) is 0 Å². The van der Waals surface area contributed by atoms with Gasteiger partial charge in [0.25, 0.3) is 5.91 Å². The number of carbonyl (C=O) groups is 3. The van der Waals surface area contributed by atoms with E-state index in [0.717, 1.165) is 12.0 Å². The highest BCUT2D eigenvalue weighted by Crippen LogP contribution is 2.59. The van der Waals surface area contributed by atoms with Crippen molar-refractivity contribution in [2.75, 3.05) is 37.7 Å². The Kier molecular flexibility index (Phi) is 9.19. The number of nitrogens with zero attached hydrogens (tertiary/aromatic N) is 3. The van der Waals surface area contributed by atoms with E-state index in [4.69, 9.17) is 16.3 Å². The van der Waals surface area contributed by atoms with Gasteiger partial charge in [-0.25, -0.2) is 0 Å². The maximum Gasteiger partial charge on any atom is 0.253 e. The lowest BCUT2D eigenvalue weighted by atomic mass is 9.70. The Morgan fingerprint density at radius 1 is 1.23 bits per heavy atom. The molecular formula is C30H40ClN3O5. The third kappa shape index (κ3) is 5.03. The van der Waals surface area contributed by atoms with Crippen LogP contribution >= 0.6 is 11.6 Å². The van der Waals surface area contributed by atoms with Crippen LogP contribution in [0.5, 0.6) is 0 Å². The molecule has 3 heterocycles. The van der Waals surface area contributed by atoms with Gasteiger partial charge < -0.3 is 24.5 Å². The Morgan fingerprint density at radius 2 is 1.97 bits per heavy atom. The molecule has 0 aliphatic carbocycles. The molecule has 3 aliphatic heterocycles. The van der Waals surface area contributed by atoms with E-state index in [1.165, 1.54) is 0 Å². The van der Waals surface area contributed by atoms with Gasteiger partial charge in [-0.1, -0.05) is 42.8 Å². The highest BCUT2D eigenvalue weighted by Gasteiger charge is 2.74. The third-order valence-electron chi connectivity index (χ3n) is 8.32. The standard InChI is InChI=1S/C30H40ClN3O5/c1-5-15-32(16-6-2)27(36)23-22-13-14-30(39-22)24(23)28(37)34(18-8-9-19-35)26(30)29(38)33(17-7-3)25-20(4)11-10-12-21(25)31/h5,7,10-12,22-24,26,35H,1,3,6,8-9,13-19H2,2,4H3/t22-,23+,24+,26?,30?/m1/s1. The maximum absolute atomic E-state index is 14.6. The smallest absolute Gasteiger partial charge is 0.253 e. The van der Waals surface area contributed by atoms with E-state index in [2.05, 4.69) is 13.2 Å². The number of aryl methyl sites for hydroxylation is 1. The molecule has 1 aromatic rings. The van der Waals surface area contributed by atoms with E-state index < -0.39 is 29.6 Å². The number of amides is 3. The highest BCUT2D eigenvalue weighted by atomic mass is 35.5. The molecule has 3 fully saturated rings. The van der Waals surface area contributed by atoms with Crippen molar-refractivity contribution < 1.29 is 24.2 Å². The van der Waals surface area contributed by atoms with E-state index in [-0.39, 0.29) is 37.4 Å². The van der Waals surface area contributed by atoms with Crippen LogP contribution in [0, 0.1) is 18.8 Å². The number of hydrogen-bond donors (Lipinski definition) is 1. The molecule has 1 spiro atoms. The van der Waals surface area contributed by atoms with Crippen molar-refractivity contribution in [3.05, 3.63) is 54.1 Å². The molecule has 1 N–H and O–H groups in total. The fourth-order valence-corrected chi connectivity index (χ4v) is 7.13. The molecule has 4 rings (SSSR count). The van der Waals surface area contributed by atoms with Crippen LogP contribution in [-0.2, 0) is 19.1 Å². The molecule has 3 amide bonds. The molecule has 2 bridgehead atoms. The van der Waals surface area contributed by atoms with E-state index in [0.29, 0.717) is 49.5 Å². The summed E-state index contributed by atoms with van der Waals surface area (Å²) in [7, 11) is 0. The molecule has 0 saturated carbocycles. The average Bonchev–Trinajstić information content (AvgIpc) is 3.55. The maximum atomic E-state index is 14.6. The third-order valence-corrected chi connectivity index (χ3v) is 8.62. The van der Waals surface area contributed by atoms with Gasteiger partial charge in [0.05, 0.1) is 28.6 Å². The Bertz CT molecular complexity index is 1110. The molecule has 0 radical (unpaired) electrons. The number of para-hydroxylation sites is 1. The first-order chi connectivity index (χ1) is 18.8. The summed E-state index contributed by atoms with van der Waals surface area (Å²) in [6, 6.07) is 4.54. The van der Waals surface area contributed by atoms with Crippen LogP contribution in [0.4, 0.5) is 5.69 Å². The number of fused-ring (bicyclic) bond motifs is 1. The number of aliphatic hydroxyl groups is 1. The van der Waals surface area contributed by atoms with Gasteiger partial charge in [-0.15, -0.1) is 13.2 Å². The Morgan fingerprint density at radius 3 is 2.62 bits per heavy atom. The largest absolute Gasteiger partial charge is 0.396 e. The number of hydrogen-bond acceptors (Lipinski definition) is 5. The lowest BCUT2D eigenvalue weighted by Gasteiger charge is -2.37. The van der Waals surface area contributed by atoms with Crippen LogP contribution < -0.4 is 4.90 Å². The number of halogens is 1. The fraction of sp³-hybridized carbons (Fsp3) is 0.567. The number of rotatable bonds is 13. The van der Waals surface area contributed by atoms with Crippen molar-refractivity contribution in [3.8, 4) is 0 Å². The van der Waals surface area contributed by atoms with Crippen LogP contribution in [0.1, 0.15) is 44.6 Å². The summed E-state index contributed by atoms with van der Waals surface area (Å²) in [5.41, 5.74) is 0.304. The summed E-state index contributed by atoms with van der Waals surface area (Å²) >= 11 is 6.60. The second kappa shape index (κ2) is 12.2. The Labute approximate surface area is 236 Å². The second-order valence-corrected chi connectivity index (χ2v) is 11.1. The highest BCUT2D eigenvalue weighted by molar-refractivity contribution is 6.34. The zero-order valence-electron chi connectivity index (χ0n) is 23.0. The van der Waals surface area contributed by atoms with Crippen molar-refractivity contribution in [2.24, 2.45) is 11.8 Å². The van der Waals surface area contributed by atoms with E-state index >= 15 is 0 Å². The Hall–Kier alpha value is -2.68. The minimum atomic E-state index is -1.10. The lowest BCUT2D eigenvalue weighted by molar-refractivity contribution is -0.145. The van der Waals surface area contributed by atoms with Crippen molar-refractivity contribution in [1.82, 2.24) is 9.80 Å². The van der Waals surface area contributed by atoms with Crippen molar-refractivity contribution in [2.45, 2.75) is 63.7 Å². The minimum absolute atomic E-state index is 0.0101. The first-order valence-corrected chi connectivity index (χ1v) is 14.3. The molecule has 8 nitrogen and oxygen atoms in total. The predicted molar refractivity (Wildman–Crippen MR) is 151 cm³/mol. The van der Waals surface area contributed by atoms with Gasteiger partial charge in [-0.2, -0.15) is 0 Å². The van der Waals surface area contributed by atoms with Gasteiger partial charge in [0, 0.05) is 32.8 Å². The molecule has 5 atom stereocenters. The zero-order chi connectivity index (χ0) is 28.3. The van der Waals surface area contributed by atoms with Crippen LogP contribution in [0.25, 0.3) is 0 Å². The molecule has 0 aromatic heterocycles. The van der Waals surface area contributed by atoms with Crippen molar-refractivity contribution in [1.29, 1.82) is 0 Å². The number of benzene rings is 1. The number of ether oxygens (including phenoxy) is 1. The summed E-state index contributed by atoms with van der Waals surface area (Å²) in [6.07, 6.45) is 5.85. The van der Waals surface area contributed by atoms with Gasteiger partial charge in [0.2, 0.25) is 11.8 Å². The summed E-state index contributed by atoms with van der Waals surface area (Å²) in [5.74, 6) is -2.03. The molecule has 1 aromatic carbocycles. The summed E-state index contributed by atoms with van der Waals surface area (Å²) in [5, 5.41) is 9.83. The van der Waals surface area contributed by atoms with Gasteiger partial charge >= 0.3 is 0 Å². The monoisotopic (exact) mass is 557 g/mol. The van der Waals surface area contributed by atoms with E-state index in [9.17, 15) is 19.5 Å². The van der Waals surface area contributed by atoms with Crippen molar-refractivity contribution >= 4 is 35.0 Å². The van der Waals surface area contributed by atoms with Crippen LogP contribution in [0.15, 0.2) is 43.5 Å². The van der Waals surface area contributed by atoms with Gasteiger partial charge in [-0.3, -0.25) is 14.4 Å². The fourth-order valence-electron chi connectivity index (χ4n) is 6.81. The normalized spacial score (nSPS) is 27.0. The lowest BCUT2D eigenvalue weighted by Crippen LogP contribution is -2.57. The molecule has 39 heavy (non-hydrogen) atoms. The van der Waals surface area contributed by atoms with E-state index in [1.807, 2.05) is 26.0 Å². The second-order valence-electron chi connectivity index (χ2n) is 10.7. The zero-order valence-corrected chi connectivity index (χ0v) is 23.7. The van der Waals surface area contributed by atoms with Gasteiger partial charge in [0.15, 0.2) is 0 Å². The molecular weight excluding hydrogens is 518 g/mol. The topological polar surface area (TPSA) is 90.4 Å². The number of carbonyl (C=O) groups excluding carboxylic acids is 3. The number of likely N-dealkylation sites (tertiary alicyclic amines) is 1. The number of unbranched alkanes of at least 4 members (excludes halogenated alkanes) is 1. The molecule has 3 aliphatic rings. The SMILES string of the molecule is C=CCN(CCC)C(=O)[C@@H]1[C@H]2C(=O)N(CCCCO)C(C(=O)N(CC=C)c3c(C)cccc3Cl)C23CC[C@H]1O3. The Balaban J connectivity index is 1.78. The average molecular weight is 558 g/mol. The molecule has 212 valence electrons. The molecule has 2 unspecified atom stereocenters. The van der Waals surface area contributed by atoms with Crippen molar-refractivity contribution in [3.63, 3.8) is 0 Å². The van der Waals surface area contributed by atoms with Gasteiger partial charge in [-0.05, 0) is 50.7 Å². The van der Waals surface area contributed by atoms with Crippen LogP contribution in [-0.4, -0.2) is 83.2 Å². The summed E-state index contributed by atoms with van der Waals surface area (Å²) in [4.78, 5) is 47.5. The quantitative estimate of drug-likeness (QED) is 0.295. The molecule has 9 heteroatoms. The number of aliphatic hydroxyl groups excluding tert-OH is 1. The number of anilines is 1.